The predicted molar refractivity (Wildman–Crippen MR) is 109 cm³/mol. The number of carboxylic acids is 1. The molecular formula is C21H23ClFNO5. The van der Waals surface area contributed by atoms with E-state index in [4.69, 9.17) is 26.2 Å². The van der Waals surface area contributed by atoms with Crippen molar-refractivity contribution >= 4 is 29.2 Å². The molecule has 6 nitrogen and oxygen atoms in total. The first kappa shape index (κ1) is 22.5. The minimum Gasteiger partial charge on any atom is -0.492 e. The number of anilines is 1. The maximum Gasteiger partial charge on any atom is 0.338 e. The molecule has 0 aliphatic rings. The molecule has 156 valence electrons. The van der Waals surface area contributed by atoms with Crippen molar-refractivity contribution in [1.82, 2.24) is 0 Å². The van der Waals surface area contributed by atoms with Crippen LogP contribution in [0.2, 0.25) is 5.02 Å². The lowest BCUT2D eigenvalue weighted by Crippen LogP contribution is -2.16. The summed E-state index contributed by atoms with van der Waals surface area (Å²) in [7, 11) is 0. The Hall–Kier alpha value is -2.80. The van der Waals surface area contributed by atoms with Gasteiger partial charge in [-0.2, -0.15) is 0 Å². The first-order valence-corrected chi connectivity index (χ1v) is 9.65. The van der Waals surface area contributed by atoms with Crippen LogP contribution in [0, 0.1) is 5.82 Å². The van der Waals surface area contributed by atoms with Gasteiger partial charge in [0.15, 0.2) is 0 Å². The maximum atomic E-state index is 13.9. The fraction of sp³-hybridized carbons (Fsp3) is 0.333. The van der Waals surface area contributed by atoms with Crippen LogP contribution in [0.1, 0.15) is 54.3 Å². The third-order valence-corrected chi connectivity index (χ3v) is 4.60. The fourth-order valence-corrected chi connectivity index (χ4v) is 2.86. The summed E-state index contributed by atoms with van der Waals surface area (Å²) in [6.45, 7) is 6.10. The minimum atomic E-state index is -1.39. The Morgan fingerprint density at radius 2 is 1.79 bits per heavy atom. The van der Waals surface area contributed by atoms with Gasteiger partial charge in [-0.25, -0.2) is 9.18 Å². The van der Waals surface area contributed by atoms with Crippen LogP contribution in [0.5, 0.6) is 11.5 Å². The van der Waals surface area contributed by atoms with E-state index >= 15 is 0 Å². The van der Waals surface area contributed by atoms with Gasteiger partial charge in [-0.3, -0.25) is 4.79 Å². The van der Waals surface area contributed by atoms with Gasteiger partial charge in [0.25, 0.3) is 5.91 Å². The number of halogens is 2. The van der Waals surface area contributed by atoms with Crippen molar-refractivity contribution in [2.75, 3.05) is 11.9 Å². The number of benzene rings is 2. The molecule has 2 N–H and O–H groups in total. The van der Waals surface area contributed by atoms with Gasteiger partial charge in [-0.15, -0.1) is 0 Å². The Labute approximate surface area is 173 Å². The highest BCUT2D eigenvalue weighted by molar-refractivity contribution is 6.33. The minimum absolute atomic E-state index is 0.0713. The van der Waals surface area contributed by atoms with Gasteiger partial charge in [0.05, 0.1) is 18.3 Å². The van der Waals surface area contributed by atoms with Crippen LogP contribution in [0.4, 0.5) is 10.1 Å². The SMILES string of the molecule is CCOc1cc(C(=O)Nc2ccc(C(=O)O)c(F)c2)cc(OC(CC)CC)c1Cl. The van der Waals surface area contributed by atoms with Crippen LogP contribution in [0.25, 0.3) is 0 Å². The molecule has 0 aliphatic heterocycles. The Morgan fingerprint density at radius 1 is 1.14 bits per heavy atom. The van der Waals surface area contributed by atoms with Crippen molar-refractivity contribution < 1.29 is 28.6 Å². The topological polar surface area (TPSA) is 84.9 Å². The first-order chi connectivity index (χ1) is 13.8. The zero-order chi connectivity index (χ0) is 21.6. The number of rotatable bonds is 9. The highest BCUT2D eigenvalue weighted by atomic mass is 35.5. The molecular weight excluding hydrogens is 401 g/mol. The molecule has 0 radical (unpaired) electrons. The Morgan fingerprint density at radius 3 is 2.34 bits per heavy atom. The summed E-state index contributed by atoms with van der Waals surface area (Å²) in [5.41, 5.74) is -0.150. The van der Waals surface area contributed by atoms with Crippen LogP contribution < -0.4 is 14.8 Å². The number of carboxylic acid groups (broad SMARTS) is 1. The summed E-state index contributed by atoms with van der Waals surface area (Å²) in [4.78, 5) is 23.6. The molecule has 0 aliphatic carbocycles. The summed E-state index contributed by atoms with van der Waals surface area (Å²) in [5, 5.41) is 11.7. The van der Waals surface area contributed by atoms with Gasteiger partial charge in [-0.05, 0) is 50.1 Å². The number of carbonyl (C=O) groups excluding carboxylic acids is 1. The monoisotopic (exact) mass is 423 g/mol. The lowest BCUT2D eigenvalue weighted by Gasteiger charge is -2.19. The van der Waals surface area contributed by atoms with Gasteiger partial charge in [-0.1, -0.05) is 25.4 Å². The second-order valence-electron chi connectivity index (χ2n) is 6.23. The van der Waals surface area contributed by atoms with E-state index in [0.717, 1.165) is 25.0 Å². The van der Waals surface area contributed by atoms with Crippen LogP contribution in [0.15, 0.2) is 30.3 Å². The molecule has 2 aromatic rings. The third-order valence-electron chi connectivity index (χ3n) is 4.23. The zero-order valence-corrected chi connectivity index (χ0v) is 17.2. The van der Waals surface area contributed by atoms with Crippen molar-refractivity contribution in [3.05, 3.63) is 52.3 Å². The largest absolute Gasteiger partial charge is 0.492 e. The molecule has 2 rings (SSSR count). The molecule has 0 heterocycles. The molecule has 1 amide bonds. The van der Waals surface area contributed by atoms with E-state index < -0.39 is 23.3 Å². The van der Waals surface area contributed by atoms with Gasteiger partial charge in [0.2, 0.25) is 0 Å². The quantitative estimate of drug-likeness (QED) is 0.564. The van der Waals surface area contributed by atoms with Gasteiger partial charge in [0.1, 0.15) is 22.3 Å². The number of nitrogens with one attached hydrogen (secondary N) is 1. The number of aromatic carboxylic acids is 1. The highest BCUT2D eigenvalue weighted by Crippen LogP contribution is 2.37. The van der Waals surface area contributed by atoms with E-state index in [9.17, 15) is 14.0 Å². The molecule has 0 aromatic heterocycles. The molecule has 0 atom stereocenters. The van der Waals surface area contributed by atoms with Crippen molar-refractivity contribution in [2.45, 2.75) is 39.7 Å². The van der Waals surface area contributed by atoms with Crippen LogP contribution in [-0.2, 0) is 0 Å². The number of ether oxygens (including phenoxy) is 2. The highest BCUT2D eigenvalue weighted by Gasteiger charge is 2.19. The molecule has 2 aromatic carbocycles. The smallest absolute Gasteiger partial charge is 0.338 e. The molecule has 0 spiro atoms. The van der Waals surface area contributed by atoms with Gasteiger partial charge < -0.3 is 19.9 Å². The summed E-state index contributed by atoms with van der Waals surface area (Å²) < 4.78 is 25.3. The maximum absolute atomic E-state index is 13.9. The van der Waals surface area contributed by atoms with Crippen molar-refractivity contribution in [1.29, 1.82) is 0 Å². The normalized spacial score (nSPS) is 10.7. The second-order valence-corrected chi connectivity index (χ2v) is 6.61. The molecule has 8 heteroatoms. The third kappa shape index (κ3) is 5.60. The van der Waals surface area contributed by atoms with Crippen molar-refractivity contribution in [2.24, 2.45) is 0 Å². The van der Waals surface area contributed by atoms with E-state index in [0.29, 0.717) is 18.1 Å². The fourth-order valence-electron chi connectivity index (χ4n) is 2.65. The average molecular weight is 424 g/mol. The Balaban J connectivity index is 2.34. The van der Waals surface area contributed by atoms with Crippen LogP contribution in [0.3, 0.4) is 0 Å². The second kappa shape index (κ2) is 10.1. The number of hydrogen-bond acceptors (Lipinski definition) is 4. The molecule has 0 saturated carbocycles. The standard InChI is InChI=1S/C21H23ClFNO5/c1-4-14(5-2)29-18-10-12(9-17(19(18)22)28-6-3)20(25)24-13-7-8-15(21(26)27)16(23)11-13/h7-11,14H,4-6H2,1-3H3,(H,24,25)(H,26,27). The van der Waals surface area contributed by atoms with E-state index in [1.165, 1.54) is 18.2 Å². The van der Waals surface area contributed by atoms with Crippen LogP contribution in [-0.4, -0.2) is 29.7 Å². The lowest BCUT2D eigenvalue weighted by atomic mass is 10.1. The summed E-state index contributed by atoms with van der Waals surface area (Å²) in [6.07, 6.45) is 1.46. The number of hydrogen-bond donors (Lipinski definition) is 2. The number of carbonyl (C=O) groups is 2. The molecule has 0 saturated heterocycles. The zero-order valence-electron chi connectivity index (χ0n) is 16.4. The molecule has 0 unspecified atom stereocenters. The van der Waals surface area contributed by atoms with E-state index in [2.05, 4.69) is 5.32 Å². The van der Waals surface area contributed by atoms with E-state index in [1.54, 1.807) is 6.92 Å². The molecule has 29 heavy (non-hydrogen) atoms. The molecule has 0 bridgehead atoms. The van der Waals surface area contributed by atoms with Gasteiger partial charge >= 0.3 is 5.97 Å². The Kier molecular flexibility index (Phi) is 7.84. The van der Waals surface area contributed by atoms with Crippen LogP contribution >= 0.6 is 11.6 Å². The van der Waals surface area contributed by atoms with Crippen molar-refractivity contribution in [3.63, 3.8) is 0 Å². The molecule has 0 fully saturated rings. The Bertz CT molecular complexity index is 899. The van der Waals surface area contributed by atoms with E-state index in [1.807, 2.05) is 13.8 Å². The predicted octanol–water partition coefficient (Wildman–Crippen LogP) is 5.40. The lowest BCUT2D eigenvalue weighted by molar-refractivity contribution is 0.0691. The summed E-state index contributed by atoms with van der Waals surface area (Å²) in [5.74, 6) is -2.25. The summed E-state index contributed by atoms with van der Waals surface area (Å²) in [6, 6.07) is 6.32. The summed E-state index contributed by atoms with van der Waals surface area (Å²) >= 11 is 6.36. The van der Waals surface area contributed by atoms with Crippen molar-refractivity contribution in [3.8, 4) is 11.5 Å². The van der Waals surface area contributed by atoms with E-state index in [-0.39, 0.29) is 22.4 Å². The number of amides is 1. The first-order valence-electron chi connectivity index (χ1n) is 9.27. The average Bonchev–Trinajstić information content (AvgIpc) is 2.68. The van der Waals surface area contributed by atoms with Gasteiger partial charge in [0, 0.05) is 11.3 Å².